The molecule has 1 aromatic rings. The van der Waals surface area contributed by atoms with Crippen molar-refractivity contribution in [3.63, 3.8) is 0 Å². The van der Waals surface area contributed by atoms with Gasteiger partial charge in [-0.05, 0) is 31.0 Å². The minimum atomic E-state index is 0.0103. The summed E-state index contributed by atoms with van der Waals surface area (Å²) in [6.07, 6.45) is 1.87. The van der Waals surface area contributed by atoms with Crippen LogP contribution in [0.25, 0.3) is 0 Å². The van der Waals surface area contributed by atoms with Gasteiger partial charge in [0.2, 0.25) is 5.91 Å². The number of amides is 1. The molecule has 1 aliphatic rings. The molecule has 1 fully saturated rings. The molecule has 0 saturated carbocycles. The monoisotopic (exact) mass is 262 g/mol. The van der Waals surface area contributed by atoms with Crippen molar-refractivity contribution in [2.24, 2.45) is 5.73 Å². The quantitative estimate of drug-likeness (QED) is 0.866. The van der Waals surface area contributed by atoms with Gasteiger partial charge in [-0.15, -0.1) is 0 Å². The Kier molecular flexibility index (Phi) is 4.04. The van der Waals surface area contributed by atoms with Gasteiger partial charge in [-0.25, -0.2) is 4.98 Å². The van der Waals surface area contributed by atoms with Gasteiger partial charge in [0.1, 0.15) is 5.82 Å². The van der Waals surface area contributed by atoms with Crippen molar-refractivity contribution >= 4 is 11.7 Å². The second kappa shape index (κ2) is 5.57. The van der Waals surface area contributed by atoms with E-state index in [4.69, 9.17) is 5.73 Å². The van der Waals surface area contributed by atoms with Crippen molar-refractivity contribution in [1.82, 2.24) is 9.88 Å². The average Bonchev–Trinajstić information content (AvgIpc) is 2.38. The zero-order chi connectivity index (χ0) is 14.0. The standard InChI is InChI=1S/C14H22N4O/c1-10-8-14(16-9-13(10)11(2)15)18-6-4-17(5-7-18)12(3)19/h8-9,11H,4-7,15H2,1-3H3/t11-/m0/s1. The first-order valence-corrected chi connectivity index (χ1v) is 6.71. The number of piperazine rings is 1. The Bertz CT molecular complexity index is 465. The molecular weight excluding hydrogens is 240 g/mol. The Balaban J connectivity index is 2.08. The highest BCUT2D eigenvalue weighted by atomic mass is 16.2. The van der Waals surface area contributed by atoms with Crippen molar-refractivity contribution in [3.8, 4) is 0 Å². The van der Waals surface area contributed by atoms with Gasteiger partial charge in [-0.2, -0.15) is 0 Å². The highest BCUT2D eigenvalue weighted by Gasteiger charge is 2.20. The Morgan fingerprint density at radius 2 is 2.00 bits per heavy atom. The number of hydrogen-bond acceptors (Lipinski definition) is 4. The van der Waals surface area contributed by atoms with E-state index in [1.165, 1.54) is 5.56 Å². The third kappa shape index (κ3) is 3.04. The molecule has 0 unspecified atom stereocenters. The summed E-state index contributed by atoms with van der Waals surface area (Å²) < 4.78 is 0. The largest absolute Gasteiger partial charge is 0.353 e. The van der Waals surface area contributed by atoms with Crippen molar-refractivity contribution < 1.29 is 4.79 Å². The first kappa shape index (κ1) is 13.8. The number of aryl methyl sites for hydroxylation is 1. The molecule has 0 aliphatic carbocycles. The maximum Gasteiger partial charge on any atom is 0.219 e. The molecule has 0 aromatic carbocycles. The Hall–Kier alpha value is -1.62. The third-order valence-electron chi connectivity index (χ3n) is 3.68. The third-order valence-corrected chi connectivity index (χ3v) is 3.68. The molecule has 104 valence electrons. The molecule has 2 heterocycles. The zero-order valence-electron chi connectivity index (χ0n) is 11.9. The van der Waals surface area contributed by atoms with Crippen LogP contribution in [0.5, 0.6) is 0 Å². The number of pyridine rings is 1. The number of hydrogen-bond donors (Lipinski definition) is 1. The van der Waals surface area contributed by atoms with Gasteiger partial charge in [-0.3, -0.25) is 4.79 Å². The molecule has 5 nitrogen and oxygen atoms in total. The van der Waals surface area contributed by atoms with Gasteiger partial charge < -0.3 is 15.5 Å². The van der Waals surface area contributed by atoms with E-state index in [1.54, 1.807) is 6.92 Å². The topological polar surface area (TPSA) is 62.5 Å². The number of aromatic nitrogens is 1. The van der Waals surface area contributed by atoms with Gasteiger partial charge in [0.15, 0.2) is 0 Å². The number of nitrogens with zero attached hydrogens (tertiary/aromatic N) is 3. The van der Waals surface area contributed by atoms with Gasteiger partial charge in [0.05, 0.1) is 0 Å². The highest BCUT2D eigenvalue weighted by Crippen LogP contribution is 2.20. The van der Waals surface area contributed by atoms with E-state index in [1.807, 2.05) is 18.0 Å². The summed E-state index contributed by atoms with van der Waals surface area (Å²) in [5.41, 5.74) is 8.16. The Morgan fingerprint density at radius 1 is 1.37 bits per heavy atom. The molecular formula is C14H22N4O. The van der Waals surface area contributed by atoms with Crippen LogP contribution in [0.3, 0.4) is 0 Å². The van der Waals surface area contributed by atoms with Crippen LogP contribution in [-0.4, -0.2) is 42.0 Å². The minimum absolute atomic E-state index is 0.0103. The SMILES string of the molecule is CC(=O)N1CCN(c2cc(C)c([C@H](C)N)cn2)CC1. The van der Waals surface area contributed by atoms with Crippen LogP contribution in [0.2, 0.25) is 0 Å². The molecule has 1 aliphatic heterocycles. The first-order chi connectivity index (χ1) is 8.99. The molecule has 0 radical (unpaired) electrons. The lowest BCUT2D eigenvalue weighted by Crippen LogP contribution is -2.48. The molecule has 0 spiro atoms. The van der Waals surface area contributed by atoms with Crippen LogP contribution in [0.4, 0.5) is 5.82 Å². The molecule has 1 aromatic heterocycles. The number of nitrogens with two attached hydrogens (primary N) is 1. The van der Waals surface area contributed by atoms with E-state index < -0.39 is 0 Å². The summed E-state index contributed by atoms with van der Waals surface area (Å²) in [5, 5.41) is 0. The van der Waals surface area contributed by atoms with Crippen molar-refractivity contribution in [2.45, 2.75) is 26.8 Å². The molecule has 2 rings (SSSR count). The van der Waals surface area contributed by atoms with Crippen molar-refractivity contribution in [2.75, 3.05) is 31.1 Å². The van der Waals surface area contributed by atoms with Gasteiger partial charge in [0.25, 0.3) is 0 Å². The van der Waals surface area contributed by atoms with Gasteiger partial charge in [-0.1, -0.05) is 0 Å². The average molecular weight is 262 g/mol. The number of carbonyl (C=O) groups is 1. The highest BCUT2D eigenvalue weighted by molar-refractivity contribution is 5.73. The summed E-state index contributed by atoms with van der Waals surface area (Å²) in [4.78, 5) is 19.9. The fourth-order valence-electron chi connectivity index (χ4n) is 2.45. The molecule has 1 amide bonds. The van der Waals surface area contributed by atoms with Crippen LogP contribution in [-0.2, 0) is 4.79 Å². The van der Waals surface area contributed by atoms with Crippen LogP contribution in [0.15, 0.2) is 12.3 Å². The second-order valence-corrected chi connectivity index (χ2v) is 5.18. The summed E-state index contributed by atoms with van der Waals surface area (Å²) >= 11 is 0. The first-order valence-electron chi connectivity index (χ1n) is 6.71. The summed E-state index contributed by atoms with van der Waals surface area (Å²) in [6, 6.07) is 2.10. The van der Waals surface area contributed by atoms with E-state index >= 15 is 0 Å². The fraction of sp³-hybridized carbons (Fsp3) is 0.571. The lowest BCUT2D eigenvalue weighted by molar-refractivity contribution is -0.129. The predicted molar refractivity (Wildman–Crippen MR) is 76.0 cm³/mol. The molecule has 5 heteroatoms. The van der Waals surface area contributed by atoms with E-state index in [-0.39, 0.29) is 11.9 Å². The predicted octanol–water partition coefficient (Wildman–Crippen LogP) is 1.08. The van der Waals surface area contributed by atoms with Crippen molar-refractivity contribution in [1.29, 1.82) is 0 Å². The van der Waals surface area contributed by atoms with E-state index in [9.17, 15) is 4.79 Å². The molecule has 0 bridgehead atoms. The zero-order valence-corrected chi connectivity index (χ0v) is 11.9. The minimum Gasteiger partial charge on any atom is -0.353 e. The lowest BCUT2D eigenvalue weighted by Gasteiger charge is -2.35. The molecule has 19 heavy (non-hydrogen) atoms. The lowest BCUT2D eigenvalue weighted by atomic mass is 10.1. The van der Waals surface area contributed by atoms with E-state index in [2.05, 4.69) is 22.9 Å². The summed E-state index contributed by atoms with van der Waals surface area (Å²) in [5.74, 6) is 1.13. The molecule has 2 N–H and O–H groups in total. The molecule has 1 atom stereocenters. The maximum absolute atomic E-state index is 11.3. The van der Waals surface area contributed by atoms with Gasteiger partial charge >= 0.3 is 0 Å². The van der Waals surface area contributed by atoms with E-state index in [0.717, 1.165) is 37.6 Å². The Labute approximate surface area is 114 Å². The molecule has 1 saturated heterocycles. The smallest absolute Gasteiger partial charge is 0.219 e. The van der Waals surface area contributed by atoms with Crippen LogP contribution < -0.4 is 10.6 Å². The Morgan fingerprint density at radius 3 is 2.47 bits per heavy atom. The number of anilines is 1. The van der Waals surface area contributed by atoms with Crippen LogP contribution in [0.1, 0.15) is 31.0 Å². The fourth-order valence-corrected chi connectivity index (χ4v) is 2.45. The van der Waals surface area contributed by atoms with Gasteiger partial charge in [0, 0.05) is 45.3 Å². The normalized spacial score (nSPS) is 17.5. The number of carbonyl (C=O) groups excluding carboxylic acids is 1. The second-order valence-electron chi connectivity index (χ2n) is 5.18. The maximum atomic E-state index is 11.3. The van der Waals surface area contributed by atoms with Crippen LogP contribution >= 0.6 is 0 Å². The van der Waals surface area contributed by atoms with E-state index in [0.29, 0.717) is 0 Å². The summed E-state index contributed by atoms with van der Waals surface area (Å²) in [6.45, 7) is 8.86. The van der Waals surface area contributed by atoms with Crippen molar-refractivity contribution in [3.05, 3.63) is 23.4 Å². The van der Waals surface area contributed by atoms with Crippen LogP contribution in [0, 0.1) is 6.92 Å². The number of rotatable bonds is 2. The summed E-state index contributed by atoms with van der Waals surface area (Å²) in [7, 11) is 0.